The van der Waals surface area contributed by atoms with Crippen LogP contribution in [0.3, 0.4) is 0 Å². The van der Waals surface area contributed by atoms with Gasteiger partial charge in [-0.05, 0) is 93.2 Å². The Kier molecular flexibility index (Phi) is 8.96. The van der Waals surface area contributed by atoms with Gasteiger partial charge in [-0.2, -0.15) is 18.4 Å². The summed E-state index contributed by atoms with van der Waals surface area (Å²) in [5, 5.41) is 18.2. The second-order valence-electron chi connectivity index (χ2n) is 10.7. The predicted molar refractivity (Wildman–Crippen MR) is 151 cm³/mol. The molecule has 0 spiro atoms. The van der Waals surface area contributed by atoms with Gasteiger partial charge < -0.3 is 19.6 Å². The molecule has 0 bridgehead atoms. The number of hydrogen-bond acceptors (Lipinski definition) is 5. The fraction of sp³-hybridized carbons (Fsp3) is 0.448. The zero-order chi connectivity index (χ0) is 30.8. The van der Waals surface area contributed by atoms with Crippen LogP contribution in [0.4, 0.5) is 33.7 Å². The molecule has 1 N–H and O–H groups in total. The minimum absolute atomic E-state index is 0.0312. The quantitative estimate of drug-likeness (QED) is 0.284. The van der Waals surface area contributed by atoms with Gasteiger partial charge in [0.1, 0.15) is 11.3 Å². The van der Waals surface area contributed by atoms with E-state index in [0.717, 1.165) is 29.9 Å². The second kappa shape index (κ2) is 12.1. The number of nitrogens with zero attached hydrogens (tertiary/aromatic N) is 4. The van der Waals surface area contributed by atoms with E-state index in [1.54, 1.807) is 32.0 Å². The second-order valence-corrected chi connectivity index (χ2v) is 11.1. The van der Waals surface area contributed by atoms with E-state index in [1.807, 2.05) is 0 Å². The van der Waals surface area contributed by atoms with Crippen molar-refractivity contribution in [1.29, 1.82) is 5.26 Å². The molecule has 2 saturated heterocycles. The number of alkyl halides is 4. The van der Waals surface area contributed by atoms with Gasteiger partial charge >= 0.3 is 12.3 Å². The molecule has 2 aliphatic rings. The average Bonchev–Trinajstić information content (AvgIpc) is 3.12. The molecule has 8 nitrogen and oxygen atoms in total. The van der Waals surface area contributed by atoms with Gasteiger partial charge in [0.2, 0.25) is 0 Å². The lowest BCUT2D eigenvalue weighted by molar-refractivity contribution is -0.137. The van der Waals surface area contributed by atoms with Gasteiger partial charge in [-0.1, -0.05) is 0 Å². The summed E-state index contributed by atoms with van der Waals surface area (Å²) in [6, 6.07) is 9.48. The van der Waals surface area contributed by atoms with Gasteiger partial charge in [-0.15, -0.1) is 0 Å². The van der Waals surface area contributed by atoms with Crippen LogP contribution in [0.15, 0.2) is 36.4 Å². The fourth-order valence-electron chi connectivity index (χ4n) is 5.35. The van der Waals surface area contributed by atoms with E-state index in [9.17, 15) is 27.2 Å². The molecule has 2 heterocycles. The summed E-state index contributed by atoms with van der Waals surface area (Å²) in [5.74, 6) is 0.211. The zero-order valence-electron chi connectivity index (χ0n) is 23.1. The van der Waals surface area contributed by atoms with E-state index in [1.165, 1.54) is 21.9 Å². The molecular weight excluding hydrogens is 576 g/mol. The normalized spacial score (nSPS) is 17.5. The van der Waals surface area contributed by atoms with Crippen molar-refractivity contribution in [2.24, 2.45) is 5.92 Å². The SMILES string of the molecule is CC1(C)C(=O)N(c2ccc(C#N)c(C(F)(F)F)c2)C(=S)N1c1ccc(OCCC2CCN(C(=O)O)CC2)c(CCF)c1. The maximum absolute atomic E-state index is 13.6. The maximum Gasteiger partial charge on any atom is 0.417 e. The number of thiocarbonyl (C=S) groups is 1. The van der Waals surface area contributed by atoms with E-state index in [2.05, 4.69) is 0 Å². The number of carbonyl (C=O) groups is 2. The highest BCUT2D eigenvalue weighted by molar-refractivity contribution is 7.81. The Hall–Kier alpha value is -3.92. The fourth-order valence-corrected chi connectivity index (χ4v) is 5.87. The molecule has 2 amide bonds. The van der Waals surface area contributed by atoms with Crippen molar-refractivity contribution in [1.82, 2.24) is 4.90 Å². The van der Waals surface area contributed by atoms with Crippen LogP contribution in [0, 0.1) is 17.2 Å². The monoisotopic (exact) mass is 606 g/mol. The molecule has 0 radical (unpaired) electrons. The Morgan fingerprint density at radius 1 is 1.17 bits per heavy atom. The standard InChI is InChI=1S/C29H30F4N4O4S/c1-28(2)25(38)36(21-4-3-20(17-34)23(16-21)29(31,32)33)26(42)37(28)22-5-6-24(19(15-22)7-11-30)41-14-10-18-8-12-35(13-9-18)27(39)40/h3-6,15-16,18H,7-14H2,1-2H3,(H,39,40). The molecule has 0 unspecified atom stereocenters. The Morgan fingerprint density at radius 2 is 1.83 bits per heavy atom. The first-order chi connectivity index (χ1) is 19.8. The number of halogens is 4. The first-order valence-electron chi connectivity index (χ1n) is 13.4. The minimum Gasteiger partial charge on any atom is -0.493 e. The summed E-state index contributed by atoms with van der Waals surface area (Å²) < 4.78 is 60.4. The van der Waals surface area contributed by atoms with Gasteiger partial charge in [0.05, 0.1) is 36.2 Å². The summed E-state index contributed by atoms with van der Waals surface area (Å²) >= 11 is 5.60. The largest absolute Gasteiger partial charge is 0.493 e. The summed E-state index contributed by atoms with van der Waals surface area (Å²) in [5.41, 5.74) is -2.17. The van der Waals surface area contributed by atoms with Crippen LogP contribution in [0.25, 0.3) is 0 Å². The van der Waals surface area contributed by atoms with E-state index in [0.29, 0.717) is 49.0 Å². The number of nitriles is 1. The highest BCUT2D eigenvalue weighted by Gasteiger charge is 2.50. The van der Waals surface area contributed by atoms with Crippen molar-refractivity contribution in [2.45, 2.75) is 51.2 Å². The number of likely N-dealkylation sites (tertiary alicyclic amines) is 1. The molecule has 13 heteroatoms. The number of hydrogen-bond donors (Lipinski definition) is 1. The molecule has 0 aromatic heterocycles. The smallest absolute Gasteiger partial charge is 0.417 e. The Balaban J connectivity index is 1.55. The lowest BCUT2D eigenvalue weighted by Crippen LogP contribution is -2.44. The average molecular weight is 607 g/mol. The van der Waals surface area contributed by atoms with E-state index >= 15 is 0 Å². The van der Waals surface area contributed by atoms with Crippen LogP contribution in [0.1, 0.15) is 49.8 Å². The number of anilines is 2. The molecule has 0 atom stereocenters. The van der Waals surface area contributed by atoms with Crippen LogP contribution < -0.4 is 14.5 Å². The van der Waals surface area contributed by atoms with Crippen molar-refractivity contribution < 1.29 is 37.0 Å². The predicted octanol–water partition coefficient (Wildman–Crippen LogP) is 6.16. The summed E-state index contributed by atoms with van der Waals surface area (Å²) in [6.45, 7) is 3.82. The third kappa shape index (κ3) is 6.13. The Labute approximate surface area is 246 Å². The number of piperidine rings is 1. The van der Waals surface area contributed by atoms with E-state index in [-0.39, 0.29) is 17.2 Å². The minimum atomic E-state index is -4.81. The molecule has 2 fully saturated rings. The molecular formula is C29H30F4N4O4S. The van der Waals surface area contributed by atoms with Crippen molar-refractivity contribution in [2.75, 3.05) is 36.2 Å². The van der Waals surface area contributed by atoms with Gasteiger partial charge in [-0.25, -0.2) is 4.79 Å². The number of benzene rings is 2. The summed E-state index contributed by atoms with van der Waals surface area (Å²) in [6.07, 6.45) is -3.52. The Morgan fingerprint density at radius 3 is 2.43 bits per heavy atom. The lowest BCUT2D eigenvalue weighted by atomic mass is 9.94. The van der Waals surface area contributed by atoms with Gasteiger partial charge in [0.15, 0.2) is 5.11 Å². The first-order valence-corrected chi connectivity index (χ1v) is 13.8. The molecule has 224 valence electrons. The number of carbonyl (C=O) groups excluding carboxylic acids is 1. The van der Waals surface area contributed by atoms with Crippen LogP contribution in [0.2, 0.25) is 0 Å². The highest BCUT2D eigenvalue weighted by Crippen LogP contribution is 2.40. The number of carboxylic acid groups (broad SMARTS) is 1. The molecule has 2 aromatic carbocycles. The lowest BCUT2D eigenvalue weighted by Gasteiger charge is -2.30. The van der Waals surface area contributed by atoms with E-state index in [4.69, 9.17) is 27.3 Å². The van der Waals surface area contributed by atoms with Crippen molar-refractivity contribution in [3.63, 3.8) is 0 Å². The number of ether oxygens (including phenoxy) is 1. The van der Waals surface area contributed by atoms with Crippen LogP contribution in [-0.4, -0.2) is 59.0 Å². The third-order valence-electron chi connectivity index (χ3n) is 7.69. The zero-order valence-corrected chi connectivity index (χ0v) is 23.9. The number of rotatable bonds is 8. The molecule has 4 rings (SSSR count). The number of aryl methyl sites for hydroxylation is 1. The topological polar surface area (TPSA) is 97.1 Å². The van der Waals surface area contributed by atoms with Crippen molar-refractivity contribution in [3.8, 4) is 11.8 Å². The third-order valence-corrected chi connectivity index (χ3v) is 8.06. The maximum atomic E-state index is 13.6. The Bertz CT molecular complexity index is 1420. The van der Waals surface area contributed by atoms with Gasteiger partial charge in [0.25, 0.3) is 5.91 Å². The summed E-state index contributed by atoms with van der Waals surface area (Å²) in [7, 11) is 0. The van der Waals surface area contributed by atoms with Crippen LogP contribution >= 0.6 is 12.2 Å². The molecule has 42 heavy (non-hydrogen) atoms. The molecule has 0 saturated carbocycles. The van der Waals surface area contributed by atoms with Gasteiger partial charge in [-0.3, -0.25) is 14.1 Å². The van der Waals surface area contributed by atoms with Crippen molar-refractivity contribution in [3.05, 3.63) is 53.1 Å². The molecule has 0 aliphatic carbocycles. The molecule has 2 aliphatic heterocycles. The molecule has 2 aromatic rings. The van der Waals surface area contributed by atoms with Crippen LogP contribution in [-0.2, 0) is 17.4 Å². The first kappa shape index (κ1) is 31.0. The van der Waals surface area contributed by atoms with Crippen molar-refractivity contribution >= 4 is 40.7 Å². The summed E-state index contributed by atoms with van der Waals surface area (Å²) in [4.78, 5) is 28.5. The van der Waals surface area contributed by atoms with E-state index < -0.39 is 41.5 Å². The van der Waals surface area contributed by atoms with Gasteiger partial charge in [0, 0.05) is 25.2 Å². The van der Waals surface area contributed by atoms with Crippen LogP contribution in [0.5, 0.6) is 5.75 Å². The number of amides is 2. The highest BCUT2D eigenvalue weighted by atomic mass is 32.1.